The number of aromatic nitrogens is 2. The number of hydrogen-bond acceptors (Lipinski definition) is 4. The minimum absolute atomic E-state index is 0.0748. The number of ether oxygens (including phenoxy) is 1. The van der Waals surface area contributed by atoms with Gasteiger partial charge in [-0.1, -0.05) is 0 Å². The van der Waals surface area contributed by atoms with Crippen LogP contribution in [0.1, 0.15) is 16.8 Å². The van der Waals surface area contributed by atoms with Crippen molar-refractivity contribution in [3.63, 3.8) is 0 Å². The largest absolute Gasteiger partial charge is 0.491 e. The van der Waals surface area contributed by atoms with Crippen molar-refractivity contribution in [2.45, 2.75) is 6.42 Å². The average molecular weight is 273 g/mol. The number of aromatic amines is 1. The number of carboxylic acids is 1. The van der Waals surface area contributed by atoms with Crippen molar-refractivity contribution in [3.05, 3.63) is 30.0 Å². The van der Waals surface area contributed by atoms with Crippen molar-refractivity contribution in [1.82, 2.24) is 10.2 Å². The monoisotopic (exact) mass is 273 g/mol. The molecule has 3 rings (SSSR count). The van der Waals surface area contributed by atoms with E-state index < -0.39 is 5.97 Å². The first-order chi connectivity index (χ1) is 9.65. The van der Waals surface area contributed by atoms with E-state index in [1.165, 1.54) is 6.20 Å². The molecule has 1 aliphatic rings. The standard InChI is InChI=1S/C13H11N3O4/c17-11-3-4-20-10-2-1-7(5-9(10)15-11)12-8(13(18)19)6-14-16-12/h1-2,5-6H,3-4H2,(H,14,16)(H,15,17)(H,18,19). The van der Waals surface area contributed by atoms with Gasteiger partial charge in [0.1, 0.15) is 11.3 Å². The highest BCUT2D eigenvalue weighted by molar-refractivity contribution is 5.97. The molecular formula is C13H11N3O4. The van der Waals surface area contributed by atoms with Crippen molar-refractivity contribution in [2.75, 3.05) is 11.9 Å². The molecule has 0 aliphatic carbocycles. The summed E-state index contributed by atoms with van der Waals surface area (Å²) in [5.74, 6) is -0.635. The van der Waals surface area contributed by atoms with Crippen molar-refractivity contribution in [1.29, 1.82) is 0 Å². The Hall–Kier alpha value is -2.83. The van der Waals surface area contributed by atoms with Gasteiger partial charge in [-0.25, -0.2) is 4.79 Å². The molecule has 3 N–H and O–H groups in total. The van der Waals surface area contributed by atoms with Gasteiger partial charge in [-0.3, -0.25) is 9.89 Å². The average Bonchev–Trinajstić information content (AvgIpc) is 2.82. The van der Waals surface area contributed by atoms with Crippen LogP contribution in [-0.4, -0.2) is 33.8 Å². The predicted molar refractivity (Wildman–Crippen MR) is 69.7 cm³/mol. The zero-order valence-corrected chi connectivity index (χ0v) is 10.3. The summed E-state index contributed by atoms with van der Waals surface area (Å²) in [6.45, 7) is 0.322. The highest BCUT2D eigenvalue weighted by Gasteiger charge is 2.18. The number of anilines is 1. The smallest absolute Gasteiger partial charge is 0.339 e. The quantitative estimate of drug-likeness (QED) is 0.769. The fraction of sp³-hybridized carbons (Fsp3) is 0.154. The zero-order valence-electron chi connectivity index (χ0n) is 10.3. The second-order valence-corrected chi connectivity index (χ2v) is 4.32. The van der Waals surface area contributed by atoms with Gasteiger partial charge in [0.2, 0.25) is 5.91 Å². The molecule has 1 aliphatic heterocycles. The van der Waals surface area contributed by atoms with E-state index in [2.05, 4.69) is 15.5 Å². The first-order valence-corrected chi connectivity index (χ1v) is 5.99. The van der Waals surface area contributed by atoms with Gasteiger partial charge in [0, 0.05) is 5.56 Å². The fourth-order valence-electron chi connectivity index (χ4n) is 2.04. The van der Waals surface area contributed by atoms with E-state index in [-0.39, 0.29) is 17.9 Å². The number of aromatic carboxylic acids is 1. The molecule has 0 atom stereocenters. The van der Waals surface area contributed by atoms with Crippen LogP contribution in [0.4, 0.5) is 5.69 Å². The van der Waals surface area contributed by atoms with Crippen LogP contribution >= 0.6 is 0 Å². The second-order valence-electron chi connectivity index (χ2n) is 4.32. The predicted octanol–water partition coefficient (Wildman–Crippen LogP) is 1.50. The minimum Gasteiger partial charge on any atom is -0.491 e. The zero-order chi connectivity index (χ0) is 14.1. The Morgan fingerprint density at radius 3 is 3.05 bits per heavy atom. The molecule has 1 aromatic heterocycles. The van der Waals surface area contributed by atoms with E-state index in [4.69, 9.17) is 9.84 Å². The summed E-state index contributed by atoms with van der Waals surface area (Å²) in [7, 11) is 0. The van der Waals surface area contributed by atoms with Crippen molar-refractivity contribution >= 4 is 17.6 Å². The molecule has 0 fully saturated rings. The third kappa shape index (κ3) is 2.09. The van der Waals surface area contributed by atoms with Crippen LogP contribution in [0.3, 0.4) is 0 Å². The molecule has 7 heteroatoms. The fourth-order valence-corrected chi connectivity index (χ4v) is 2.04. The normalized spacial score (nSPS) is 13.9. The minimum atomic E-state index is -1.07. The van der Waals surface area contributed by atoms with Crippen molar-refractivity contribution in [3.8, 4) is 17.0 Å². The molecule has 0 spiro atoms. The lowest BCUT2D eigenvalue weighted by atomic mass is 10.1. The van der Waals surface area contributed by atoms with Gasteiger partial charge in [-0.15, -0.1) is 0 Å². The number of carbonyl (C=O) groups excluding carboxylic acids is 1. The van der Waals surface area contributed by atoms with Crippen LogP contribution in [0, 0.1) is 0 Å². The third-order valence-corrected chi connectivity index (χ3v) is 3.00. The highest BCUT2D eigenvalue weighted by atomic mass is 16.5. The maximum Gasteiger partial charge on any atom is 0.339 e. The summed E-state index contributed by atoms with van der Waals surface area (Å²) in [6.07, 6.45) is 1.53. The van der Waals surface area contributed by atoms with Gasteiger partial charge in [-0.2, -0.15) is 5.10 Å². The molecule has 20 heavy (non-hydrogen) atoms. The van der Waals surface area contributed by atoms with Crippen molar-refractivity contribution < 1.29 is 19.4 Å². The molecule has 1 aromatic carbocycles. The Labute approximate surface area is 113 Å². The van der Waals surface area contributed by atoms with Gasteiger partial charge in [0.25, 0.3) is 0 Å². The highest BCUT2D eigenvalue weighted by Crippen LogP contribution is 2.32. The first kappa shape index (κ1) is 12.2. The number of nitrogens with zero attached hydrogens (tertiary/aromatic N) is 1. The van der Waals surface area contributed by atoms with Gasteiger partial charge in [0.05, 0.1) is 30.6 Å². The van der Waals surface area contributed by atoms with Gasteiger partial charge >= 0.3 is 5.97 Å². The molecule has 1 amide bonds. The number of benzene rings is 1. The van der Waals surface area contributed by atoms with Crippen LogP contribution in [0.15, 0.2) is 24.4 Å². The number of nitrogens with one attached hydrogen (secondary N) is 2. The summed E-state index contributed by atoms with van der Waals surface area (Å²) >= 11 is 0. The molecule has 7 nitrogen and oxygen atoms in total. The molecular weight excluding hydrogens is 262 g/mol. The third-order valence-electron chi connectivity index (χ3n) is 3.00. The van der Waals surface area contributed by atoms with Crippen LogP contribution in [-0.2, 0) is 4.79 Å². The molecule has 2 heterocycles. The van der Waals surface area contributed by atoms with Crippen LogP contribution in [0.25, 0.3) is 11.3 Å². The van der Waals surface area contributed by atoms with E-state index in [0.717, 1.165) is 0 Å². The summed E-state index contributed by atoms with van der Waals surface area (Å²) in [5.41, 5.74) is 1.60. The molecule has 0 saturated carbocycles. The van der Waals surface area contributed by atoms with Gasteiger partial charge < -0.3 is 15.2 Å². The number of amides is 1. The van der Waals surface area contributed by atoms with Crippen molar-refractivity contribution in [2.24, 2.45) is 0 Å². The lowest BCUT2D eigenvalue weighted by Crippen LogP contribution is -2.10. The number of fused-ring (bicyclic) bond motifs is 1. The number of carboxylic acid groups (broad SMARTS) is 1. The number of hydrogen-bond donors (Lipinski definition) is 3. The second kappa shape index (κ2) is 4.69. The molecule has 0 bridgehead atoms. The van der Waals surface area contributed by atoms with Crippen LogP contribution in [0.5, 0.6) is 5.75 Å². The van der Waals surface area contributed by atoms with Gasteiger partial charge in [0.15, 0.2) is 0 Å². The maximum atomic E-state index is 11.5. The molecule has 0 saturated heterocycles. The topological polar surface area (TPSA) is 104 Å². The summed E-state index contributed by atoms with van der Waals surface area (Å²) in [5, 5.41) is 18.2. The maximum absolute atomic E-state index is 11.5. The summed E-state index contributed by atoms with van der Waals surface area (Å²) in [6, 6.07) is 5.08. The molecule has 0 radical (unpaired) electrons. The van der Waals surface area contributed by atoms with E-state index >= 15 is 0 Å². The molecule has 2 aromatic rings. The Bertz CT molecular complexity index is 693. The van der Waals surface area contributed by atoms with E-state index in [1.807, 2.05) is 0 Å². The number of H-pyrrole nitrogens is 1. The summed E-state index contributed by atoms with van der Waals surface area (Å²) < 4.78 is 5.44. The Balaban J connectivity index is 2.06. The Morgan fingerprint density at radius 1 is 1.40 bits per heavy atom. The van der Waals surface area contributed by atoms with Gasteiger partial charge in [-0.05, 0) is 18.2 Å². The SMILES string of the molecule is O=C1CCOc2ccc(-c3[nH]ncc3C(=O)O)cc2N1. The van der Waals surface area contributed by atoms with E-state index in [1.54, 1.807) is 18.2 Å². The van der Waals surface area contributed by atoms with E-state index in [0.29, 0.717) is 29.3 Å². The van der Waals surface area contributed by atoms with Crippen LogP contribution < -0.4 is 10.1 Å². The summed E-state index contributed by atoms with van der Waals surface area (Å²) in [4.78, 5) is 22.6. The first-order valence-electron chi connectivity index (χ1n) is 5.99. The van der Waals surface area contributed by atoms with Crippen LogP contribution in [0.2, 0.25) is 0 Å². The molecule has 0 unspecified atom stereocenters. The Morgan fingerprint density at radius 2 is 2.25 bits per heavy atom. The lowest BCUT2D eigenvalue weighted by Gasteiger charge is -2.09. The Kier molecular flexibility index (Phi) is 2.86. The molecule has 102 valence electrons. The van der Waals surface area contributed by atoms with E-state index in [9.17, 15) is 9.59 Å². The lowest BCUT2D eigenvalue weighted by molar-refractivity contribution is -0.116. The number of rotatable bonds is 2. The number of carbonyl (C=O) groups is 2.